The molecule has 21 heavy (non-hydrogen) atoms. The van der Waals surface area contributed by atoms with E-state index in [9.17, 15) is 8.42 Å². The zero-order valence-electron chi connectivity index (χ0n) is 12.9. The van der Waals surface area contributed by atoms with E-state index in [-0.39, 0.29) is 16.5 Å². The van der Waals surface area contributed by atoms with Crippen LogP contribution in [0.4, 0.5) is 10.8 Å². The van der Waals surface area contributed by atoms with Crippen LogP contribution in [0.3, 0.4) is 0 Å². The number of hydrogen-bond donors (Lipinski definition) is 1. The van der Waals surface area contributed by atoms with Crippen molar-refractivity contribution in [2.75, 3.05) is 50.1 Å². The maximum atomic E-state index is 12.2. The summed E-state index contributed by atoms with van der Waals surface area (Å²) in [7, 11) is 0.846. The third-order valence-electron chi connectivity index (χ3n) is 3.87. The smallest absolute Gasteiger partial charge is 0.184 e. The lowest BCUT2D eigenvalue weighted by Gasteiger charge is -2.34. The van der Waals surface area contributed by atoms with Gasteiger partial charge >= 0.3 is 0 Å². The van der Waals surface area contributed by atoms with Crippen molar-refractivity contribution < 1.29 is 8.42 Å². The van der Waals surface area contributed by atoms with E-state index in [0.717, 1.165) is 37.5 Å². The summed E-state index contributed by atoms with van der Waals surface area (Å²) >= 11 is 1.20. The fraction of sp³-hybridized carbons (Fsp3) is 0.769. The van der Waals surface area contributed by atoms with E-state index in [2.05, 4.69) is 28.3 Å². The third kappa shape index (κ3) is 3.67. The van der Waals surface area contributed by atoms with Gasteiger partial charge in [-0.25, -0.2) is 8.42 Å². The molecule has 1 aliphatic heterocycles. The van der Waals surface area contributed by atoms with Crippen molar-refractivity contribution in [3.05, 3.63) is 0 Å². The number of hydrogen-bond acceptors (Lipinski definition) is 7. The molecule has 1 aliphatic rings. The predicted molar refractivity (Wildman–Crippen MR) is 87.7 cm³/mol. The van der Waals surface area contributed by atoms with Crippen LogP contribution in [0.15, 0.2) is 4.90 Å². The largest absolute Gasteiger partial charge is 0.382 e. The molecule has 0 unspecified atom stereocenters. The van der Waals surface area contributed by atoms with Gasteiger partial charge in [0.05, 0.1) is 5.75 Å². The molecular weight excluding hydrogens is 308 g/mol. The number of sulfone groups is 1. The number of aromatic nitrogens is 1. The Hall–Kier alpha value is -0.860. The van der Waals surface area contributed by atoms with Crippen molar-refractivity contribution in [3.8, 4) is 0 Å². The van der Waals surface area contributed by atoms with Crippen LogP contribution < -0.4 is 10.6 Å². The van der Waals surface area contributed by atoms with Gasteiger partial charge in [0.1, 0.15) is 9.90 Å². The molecule has 2 N–H and O–H groups in total. The molecule has 2 rings (SSSR count). The van der Waals surface area contributed by atoms with Crippen LogP contribution in [0.25, 0.3) is 0 Å². The summed E-state index contributed by atoms with van der Waals surface area (Å²) in [6.45, 7) is 4.46. The van der Waals surface area contributed by atoms with Crippen molar-refractivity contribution in [3.63, 3.8) is 0 Å². The van der Waals surface area contributed by atoms with Gasteiger partial charge in [0, 0.05) is 19.6 Å². The Morgan fingerprint density at radius 3 is 2.52 bits per heavy atom. The number of nitrogens with two attached hydrogens (primary N) is 1. The van der Waals surface area contributed by atoms with E-state index >= 15 is 0 Å². The maximum Gasteiger partial charge on any atom is 0.184 e. The van der Waals surface area contributed by atoms with Gasteiger partial charge in [-0.2, -0.15) is 4.37 Å². The van der Waals surface area contributed by atoms with Gasteiger partial charge in [-0.05, 0) is 44.4 Å². The Balaban J connectivity index is 2.15. The maximum absolute atomic E-state index is 12.2. The van der Waals surface area contributed by atoms with Crippen molar-refractivity contribution in [2.24, 2.45) is 5.92 Å². The molecule has 0 atom stereocenters. The van der Waals surface area contributed by atoms with Crippen LogP contribution in [0.1, 0.15) is 19.8 Å². The Labute approximate surface area is 131 Å². The molecule has 1 fully saturated rings. The highest BCUT2D eigenvalue weighted by Crippen LogP contribution is 2.37. The summed E-state index contributed by atoms with van der Waals surface area (Å²) in [5.74, 6) is 0.875. The monoisotopic (exact) mass is 332 g/mol. The van der Waals surface area contributed by atoms with Crippen LogP contribution in [0.5, 0.6) is 0 Å². The van der Waals surface area contributed by atoms with E-state index in [1.165, 1.54) is 11.5 Å². The average Bonchev–Trinajstić information content (AvgIpc) is 2.81. The average molecular weight is 332 g/mol. The van der Waals surface area contributed by atoms with Crippen LogP contribution in [-0.4, -0.2) is 57.2 Å². The van der Waals surface area contributed by atoms with E-state index in [4.69, 9.17) is 5.73 Å². The lowest BCUT2D eigenvalue weighted by Crippen LogP contribution is -2.37. The second-order valence-corrected chi connectivity index (χ2v) is 8.77. The summed E-state index contributed by atoms with van der Waals surface area (Å²) in [6.07, 6.45) is 2.14. The zero-order chi connectivity index (χ0) is 15.6. The minimum atomic E-state index is -3.33. The molecule has 2 heterocycles. The lowest BCUT2D eigenvalue weighted by atomic mass is 9.96. The van der Waals surface area contributed by atoms with Crippen molar-refractivity contribution >= 4 is 32.2 Å². The van der Waals surface area contributed by atoms with E-state index in [1.54, 1.807) is 6.92 Å². The Kier molecular flexibility index (Phi) is 5.11. The molecular formula is C13H24N4O2S2. The molecule has 0 spiro atoms. The Bertz CT molecular complexity index is 575. The van der Waals surface area contributed by atoms with Gasteiger partial charge in [0.25, 0.3) is 0 Å². The number of anilines is 2. The SMILES string of the molecule is CCS(=O)(=O)c1c(N)nsc1N1CCC(CN(C)C)CC1. The van der Waals surface area contributed by atoms with Gasteiger partial charge in [-0.3, -0.25) is 0 Å². The predicted octanol–water partition coefficient (Wildman–Crippen LogP) is 1.30. The topological polar surface area (TPSA) is 79.5 Å². The van der Waals surface area contributed by atoms with Gasteiger partial charge < -0.3 is 15.5 Å². The number of nitrogens with zero attached hydrogens (tertiary/aromatic N) is 3. The molecule has 6 nitrogen and oxygen atoms in total. The van der Waals surface area contributed by atoms with Gasteiger partial charge in [-0.15, -0.1) is 0 Å². The summed E-state index contributed by atoms with van der Waals surface area (Å²) in [4.78, 5) is 4.57. The number of nitrogen functional groups attached to an aromatic ring is 1. The van der Waals surface area contributed by atoms with E-state index < -0.39 is 9.84 Å². The molecule has 0 amide bonds. The van der Waals surface area contributed by atoms with Gasteiger partial charge in [0.15, 0.2) is 15.7 Å². The third-order valence-corrected chi connectivity index (χ3v) is 6.71. The summed E-state index contributed by atoms with van der Waals surface area (Å²) in [5.41, 5.74) is 5.79. The van der Waals surface area contributed by atoms with Crippen molar-refractivity contribution in [1.82, 2.24) is 9.27 Å². The molecule has 0 aliphatic carbocycles. The molecule has 0 saturated carbocycles. The van der Waals surface area contributed by atoms with Crippen LogP contribution in [-0.2, 0) is 9.84 Å². The second-order valence-electron chi connectivity index (χ2n) is 5.80. The van der Waals surface area contributed by atoms with Crippen LogP contribution >= 0.6 is 11.5 Å². The first-order chi connectivity index (χ1) is 9.85. The minimum absolute atomic E-state index is 0.0553. The molecule has 0 bridgehead atoms. The highest BCUT2D eigenvalue weighted by molar-refractivity contribution is 7.91. The van der Waals surface area contributed by atoms with Crippen molar-refractivity contribution in [2.45, 2.75) is 24.7 Å². The summed E-state index contributed by atoms with van der Waals surface area (Å²) < 4.78 is 28.5. The molecule has 1 aromatic heterocycles. The highest BCUT2D eigenvalue weighted by Gasteiger charge is 2.29. The van der Waals surface area contributed by atoms with Crippen LogP contribution in [0, 0.1) is 5.92 Å². The fourth-order valence-electron chi connectivity index (χ4n) is 2.76. The normalized spacial score (nSPS) is 17.6. The first kappa shape index (κ1) is 16.5. The first-order valence-electron chi connectivity index (χ1n) is 7.22. The molecule has 1 saturated heterocycles. The van der Waals surface area contributed by atoms with Gasteiger partial charge in [0.2, 0.25) is 0 Å². The number of rotatable bonds is 5. The molecule has 8 heteroatoms. The van der Waals surface area contributed by atoms with E-state index in [1.807, 2.05) is 0 Å². The summed E-state index contributed by atoms with van der Waals surface area (Å²) in [6, 6.07) is 0. The first-order valence-corrected chi connectivity index (χ1v) is 9.65. The zero-order valence-corrected chi connectivity index (χ0v) is 14.5. The summed E-state index contributed by atoms with van der Waals surface area (Å²) in [5, 5.41) is 0.720. The standard InChI is InChI=1S/C13H24N4O2S2/c1-4-21(18,19)11-12(14)15-20-13(11)17-7-5-10(6-8-17)9-16(2)3/h10H,4-9H2,1-3H3,(H2,14,15). The van der Waals surface area contributed by atoms with Crippen molar-refractivity contribution in [1.29, 1.82) is 0 Å². The molecule has 120 valence electrons. The minimum Gasteiger partial charge on any atom is -0.382 e. The van der Waals surface area contributed by atoms with Gasteiger partial charge in [-0.1, -0.05) is 6.92 Å². The molecule has 1 aromatic rings. The van der Waals surface area contributed by atoms with Crippen LogP contribution in [0.2, 0.25) is 0 Å². The number of piperidine rings is 1. The molecule has 0 radical (unpaired) electrons. The Morgan fingerprint density at radius 1 is 1.38 bits per heavy atom. The molecule has 0 aromatic carbocycles. The second kappa shape index (κ2) is 6.50. The fourth-order valence-corrected chi connectivity index (χ4v) is 5.12. The highest BCUT2D eigenvalue weighted by atomic mass is 32.2. The quantitative estimate of drug-likeness (QED) is 0.875. The Morgan fingerprint density at radius 2 is 2.00 bits per heavy atom. The van der Waals surface area contributed by atoms with E-state index in [0.29, 0.717) is 5.92 Å². The lowest BCUT2D eigenvalue weighted by molar-refractivity contribution is 0.285.